The smallest absolute Gasteiger partial charge is 0.320 e. The van der Waals surface area contributed by atoms with Crippen molar-refractivity contribution < 1.29 is 9.90 Å². The molecule has 2 aliphatic heterocycles. The van der Waals surface area contributed by atoms with Gasteiger partial charge in [0.15, 0.2) is 0 Å². The lowest BCUT2D eigenvalue weighted by molar-refractivity contribution is 0.129. The highest BCUT2D eigenvalue weighted by Crippen LogP contribution is 2.19. The van der Waals surface area contributed by atoms with Crippen molar-refractivity contribution in [2.45, 2.75) is 32.3 Å². The highest BCUT2D eigenvalue weighted by molar-refractivity contribution is 5.74. The molecule has 0 spiro atoms. The van der Waals surface area contributed by atoms with Crippen LogP contribution in [0.1, 0.15) is 26.2 Å². The van der Waals surface area contributed by atoms with Crippen LogP contribution in [0.5, 0.6) is 0 Å². The summed E-state index contributed by atoms with van der Waals surface area (Å²) in [6, 6.07) is 0.123. The van der Waals surface area contributed by atoms with Crippen LogP contribution in [-0.2, 0) is 0 Å². The summed E-state index contributed by atoms with van der Waals surface area (Å²) in [6.07, 6.45) is 2.77. The van der Waals surface area contributed by atoms with Crippen molar-refractivity contribution in [2.75, 3.05) is 26.2 Å². The summed E-state index contributed by atoms with van der Waals surface area (Å²) in [7, 11) is 0. The fraction of sp³-hybridized carbons (Fsp3) is 0.909. The zero-order chi connectivity index (χ0) is 10.8. The highest BCUT2D eigenvalue weighted by atomic mass is 16.3. The fourth-order valence-corrected chi connectivity index (χ4v) is 2.48. The number of piperidine rings is 1. The highest BCUT2D eigenvalue weighted by Gasteiger charge is 2.29. The molecule has 2 atom stereocenters. The zero-order valence-corrected chi connectivity index (χ0v) is 9.35. The van der Waals surface area contributed by atoms with Crippen LogP contribution >= 0.6 is 0 Å². The third-order valence-corrected chi connectivity index (χ3v) is 3.36. The maximum atomic E-state index is 12.0. The summed E-state index contributed by atoms with van der Waals surface area (Å²) in [6.45, 7) is 5.19. The van der Waals surface area contributed by atoms with Gasteiger partial charge in [-0.25, -0.2) is 4.79 Å². The number of urea groups is 1. The van der Waals surface area contributed by atoms with Crippen LogP contribution in [0.2, 0.25) is 0 Å². The second kappa shape index (κ2) is 4.39. The van der Waals surface area contributed by atoms with E-state index in [0.717, 1.165) is 25.9 Å². The Balaban J connectivity index is 1.89. The molecule has 0 bridgehead atoms. The summed E-state index contributed by atoms with van der Waals surface area (Å²) in [5, 5.41) is 9.39. The third kappa shape index (κ3) is 2.43. The van der Waals surface area contributed by atoms with Crippen molar-refractivity contribution in [3.05, 3.63) is 0 Å². The van der Waals surface area contributed by atoms with Gasteiger partial charge in [0.05, 0.1) is 6.10 Å². The van der Waals surface area contributed by atoms with Gasteiger partial charge in [0.25, 0.3) is 0 Å². The molecule has 0 aromatic heterocycles. The molecule has 1 unspecified atom stereocenters. The first-order valence-corrected chi connectivity index (χ1v) is 5.88. The minimum atomic E-state index is -0.309. The van der Waals surface area contributed by atoms with Crippen LogP contribution in [-0.4, -0.2) is 53.2 Å². The first-order chi connectivity index (χ1) is 7.16. The van der Waals surface area contributed by atoms with Crippen molar-refractivity contribution in [3.63, 3.8) is 0 Å². The van der Waals surface area contributed by atoms with E-state index in [4.69, 9.17) is 0 Å². The molecule has 2 aliphatic rings. The van der Waals surface area contributed by atoms with Gasteiger partial charge < -0.3 is 14.9 Å². The second-order valence-corrected chi connectivity index (χ2v) is 4.86. The maximum Gasteiger partial charge on any atom is 0.320 e. The number of aliphatic hydroxyl groups is 1. The van der Waals surface area contributed by atoms with Gasteiger partial charge in [0, 0.05) is 26.2 Å². The predicted molar refractivity (Wildman–Crippen MR) is 57.6 cm³/mol. The average molecular weight is 212 g/mol. The molecule has 0 aliphatic carbocycles. The number of hydrogen-bond acceptors (Lipinski definition) is 2. The number of aliphatic hydroxyl groups excluding tert-OH is 1. The Labute approximate surface area is 90.9 Å². The van der Waals surface area contributed by atoms with E-state index in [9.17, 15) is 9.90 Å². The Morgan fingerprint density at radius 1 is 1.20 bits per heavy atom. The average Bonchev–Trinajstić information content (AvgIpc) is 2.64. The number of likely N-dealkylation sites (tertiary alicyclic amines) is 2. The van der Waals surface area contributed by atoms with E-state index in [0.29, 0.717) is 19.0 Å². The number of amides is 2. The Morgan fingerprint density at radius 3 is 2.53 bits per heavy atom. The summed E-state index contributed by atoms with van der Waals surface area (Å²) in [4.78, 5) is 15.7. The number of carbonyl (C=O) groups is 1. The van der Waals surface area contributed by atoms with Gasteiger partial charge in [-0.2, -0.15) is 0 Å². The van der Waals surface area contributed by atoms with Gasteiger partial charge in [-0.1, -0.05) is 6.92 Å². The monoisotopic (exact) mass is 212 g/mol. The molecule has 4 heteroatoms. The fourth-order valence-electron chi connectivity index (χ4n) is 2.48. The second-order valence-electron chi connectivity index (χ2n) is 4.86. The molecule has 0 radical (unpaired) electrons. The lowest BCUT2D eigenvalue weighted by atomic mass is 10.0. The van der Waals surface area contributed by atoms with Crippen LogP contribution in [0.4, 0.5) is 4.79 Å². The minimum absolute atomic E-state index is 0.123. The first-order valence-electron chi connectivity index (χ1n) is 5.88. The molecular formula is C11H20N2O2. The van der Waals surface area contributed by atoms with E-state index in [-0.39, 0.29) is 12.1 Å². The molecular weight excluding hydrogens is 192 g/mol. The van der Waals surface area contributed by atoms with Crippen molar-refractivity contribution >= 4 is 6.03 Å². The summed E-state index contributed by atoms with van der Waals surface area (Å²) < 4.78 is 0. The minimum Gasteiger partial charge on any atom is -0.391 e. The number of hydrogen-bond donors (Lipinski definition) is 1. The van der Waals surface area contributed by atoms with Gasteiger partial charge in [0.1, 0.15) is 0 Å². The molecule has 2 saturated heterocycles. The van der Waals surface area contributed by atoms with E-state index in [1.807, 2.05) is 4.90 Å². The van der Waals surface area contributed by atoms with Crippen LogP contribution in [0.25, 0.3) is 0 Å². The van der Waals surface area contributed by atoms with Gasteiger partial charge in [-0.15, -0.1) is 0 Å². The molecule has 1 N–H and O–H groups in total. The van der Waals surface area contributed by atoms with Crippen molar-refractivity contribution in [2.24, 2.45) is 5.92 Å². The zero-order valence-electron chi connectivity index (χ0n) is 9.35. The Morgan fingerprint density at radius 2 is 1.93 bits per heavy atom. The van der Waals surface area contributed by atoms with Crippen molar-refractivity contribution in [1.82, 2.24) is 9.80 Å². The van der Waals surface area contributed by atoms with Gasteiger partial charge in [0.2, 0.25) is 0 Å². The van der Waals surface area contributed by atoms with Crippen molar-refractivity contribution in [3.8, 4) is 0 Å². The number of nitrogens with zero attached hydrogens (tertiary/aromatic N) is 2. The lowest BCUT2D eigenvalue weighted by Gasteiger charge is -2.33. The molecule has 0 saturated carbocycles. The van der Waals surface area contributed by atoms with E-state index in [1.54, 1.807) is 4.90 Å². The molecule has 0 aromatic carbocycles. The summed E-state index contributed by atoms with van der Waals surface area (Å²) in [5.74, 6) is 0.621. The van der Waals surface area contributed by atoms with E-state index < -0.39 is 0 Å². The largest absolute Gasteiger partial charge is 0.391 e. The molecule has 2 heterocycles. The first kappa shape index (κ1) is 10.7. The van der Waals surface area contributed by atoms with E-state index in [2.05, 4.69) is 6.92 Å². The SMILES string of the molecule is CC1CCCN(C(=O)N2CC[C@H](O)C2)C1. The van der Waals surface area contributed by atoms with Crippen LogP contribution in [0.3, 0.4) is 0 Å². The van der Waals surface area contributed by atoms with Gasteiger partial charge >= 0.3 is 6.03 Å². The number of carbonyl (C=O) groups excluding carboxylic acids is 1. The Hall–Kier alpha value is -0.770. The molecule has 0 aromatic rings. The molecule has 15 heavy (non-hydrogen) atoms. The molecule has 2 rings (SSSR count). The van der Waals surface area contributed by atoms with Gasteiger partial charge in [-0.3, -0.25) is 0 Å². The lowest BCUT2D eigenvalue weighted by Crippen LogP contribution is -2.46. The van der Waals surface area contributed by atoms with E-state index >= 15 is 0 Å². The number of rotatable bonds is 0. The number of β-amino-alcohol motifs (C(OH)–C–C–N with tert-alkyl or cyclic N) is 1. The standard InChI is InChI=1S/C11H20N2O2/c1-9-3-2-5-12(7-9)11(15)13-6-4-10(14)8-13/h9-10,14H,2-8H2,1H3/t9?,10-/m0/s1. The quantitative estimate of drug-likeness (QED) is 0.648. The summed E-state index contributed by atoms with van der Waals surface area (Å²) >= 11 is 0. The maximum absolute atomic E-state index is 12.0. The van der Waals surface area contributed by atoms with E-state index in [1.165, 1.54) is 6.42 Å². The van der Waals surface area contributed by atoms with Crippen LogP contribution < -0.4 is 0 Å². The molecule has 86 valence electrons. The van der Waals surface area contributed by atoms with Crippen LogP contribution in [0.15, 0.2) is 0 Å². The molecule has 4 nitrogen and oxygen atoms in total. The Kier molecular flexibility index (Phi) is 3.14. The Bertz CT molecular complexity index is 245. The third-order valence-electron chi connectivity index (χ3n) is 3.36. The van der Waals surface area contributed by atoms with Gasteiger partial charge in [-0.05, 0) is 25.2 Å². The molecule has 2 fully saturated rings. The van der Waals surface area contributed by atoms with Crippen molar-refractivity contribution in [1.29, 1.82) is 0 Å². The summed E-state index contributed by atoms with van der Waals surface area (Å²) in [5.41, 5.74) is 0. The topological polar surface area (TPSA) is 43.8 Å². The van der Waals surface area contributed by atoms with Crippen LogP contribution in [0, 0.1) is 5.92 Å². The molecule has 2 amide bonds. The normalized spacial score (nSPS) is 32.1. The predicted octanol–water partition coefficient (Wildman–Crippen LogP) is 0.905.